The van der Waals surface area contributed by atoms with Gasteiger partial charge in [0.15, 0.2) is 0 Å². The molecule has 0 saturated heterocycles. The van der Waals surface area contributed by atoms with Crippen molar-refractivity contribution >= 4 is 50.7 Å². The molecule has 132 valence electrons. The number of carbonyl (C=O) groups is 1. The minimum atomic E-state index is -5.90. The van der Waals surface area contributed by atoms with Crippen LogP contribution >= 0.6 is 34.4 Å². The Morgan fingerprint density at radius 1 is 1.00 bits per heavy atom. The number of halogens is 5. The Labute approximate surface area is 151 Å². The van der Waals surface area contributed by atoms with E-state index in [1.54, 1.807) is 29.2 Å². The van der Waals surface area contributed by atoms with Gasteiger partial charge in [-0.1, -0.05) is 12.1 Å². The average Bonchev–Trinajstić information content (AvgIpc) is 3.25. The second kappa shape index (κ2) is 6.69. The predicted molar refractivity (Wildman–Crippen MR) is 92.4 cm³/mol. The summed E-state index contributed by atoms with van der Waals surface area (Å²) in [5.41, 5.74) is 0.782. The van der Waals surface area contributed by atoms with Crippen LogP contribution < -0.4 is 0 Å². The standard InChI is InChI=1S/C16H9F5OS3/c17-15(18,16(19,20)21)14(22)13-6-5-10(25-13)9-3-4-12(24-8-9)11-2-1-7-23-11/h1-7H,8H2. The van der Waals surface area contributed by atoms with Crippen molar-refractivity contribution in [2.45, 2.75) is 12.1 Å². The summed E-state index contributed by atoms with van der Waals surface area (Å²) in [5.74, 6) is -7.04. The Kier molecular flexibility index (Phi) is 4.91. The molecular weight excluding hydrogens is 399 g/mol. The number of hydrogen-bond donors (Lipinski definition) is 0. The molecule has 0 saturated carbocycles. The van der Waals surface area contributed by atoms with E-state index >= 15 is 0 Å². The molecule has 0 fully saturated rings. The molecule has 0 unspecified atom stereocenters. The van der Waals surface area contributed by atoms with Crippen LogP contribution in [0.3, 0.4) is 0 Å². The van der Waals surface area contributed by atoms with Crippen molar-refractivity contribution in [3.05, 3.63) is 56.4 Å². The van der Waals surface area contributed by atoms with Crippen molar-refractivity contribution in [2.75, 3.05) is 5.75 Å². The van der Waals surface area contributed by atoms with Gasteiger partial charge in [0.05, 0.1) is 4.88 Å². The Bertz CT molecular complexity index is 844. The Morgan fingerprint density at radius 3 is 2.32 bits per heavy atom. The summed E-state index contributed by atoms with van der Waals surface area (Å²) < 4.78 is 63.3. The highest BCUT2D eigenvalue weighted by Crippen LogP contribution is 2.42. The van der Waals surface area contributed by atoms with E-state index in [1.165, 1.54) is 6.07 Å². The minimum absolute atomic E-state index is 0.510. The summed E-state index contributed by atoms with van der Waals surface area (Å²) in [6, 6.07) is 6.33. The lowest BCUT2D eigenvalue weighted by atomic mass is 10.1. The third kappa shape index (κ3) is 3.58. The molecule has 0 aliphatic carbocycles. The molecule has 0 bridgehead atoms. The highest BCUT2D eigenvalue weighted by molar-refractivity contribution is 8.08. The molecule has 0 atom stereocenters. The van der Waals surface area contributed by atoms with Gasteiger partial charge in [0.2, 0.25) is 0 Å². The van der Waals surface area contributed by atoms with Crippen LogP contribution in [0.4, 0.5) is 22.0 Å². The fraction of sp³-hybridized carbons (Fsp3) is 0.188. The molecule has 2 aromatic heterocycles. The smallest absolute Gasteiger partial charge is 0.286 e. The fourth-order valence-corrected chi connectivity index (χ4v) is 5.07. The highest BCUT2D eigenvalue weighted by atomic mass is 32.2. The molecule has 3 heterocycles. The molecule has 0 amide bonds. The third-order valence-electron chi connectivity index (χ3n) is 3.37. The number of rotatable bonds is 4. The van der Waals surface area contributed by atoms with E-state index in [1.807, 2.05) is 23.6 Å². The Morgan fingerprint density at radius 2 is 1.76 bits per heavy atom. The van der Waals surface area contributed by atoms with E-state index in [-0.39, 0.29) is 0 Å². The van der Waals surface area contributed by atoms with Crippen LogP contribution in [0.15, 0.2) is 41.8 Å². The van der Waals surface area contributed by atoms with Crippen LogP contribution in [0.2, 0.25) is 0 Å². The largest absolute Gasteiger partial charge is 0.461 e. The van der Waals surface area contributed by atoms with Crippen LogP contribution in [0.1, 0.15) is 19.4 Å². The van der Waals surface area contributed by atoms with Crippen LogP contribution in [0, 0.1) is 0 Å². The van der Waals surface area contributed by atoms with Crippen molar-refractivity contribution in [3.8, 4) is 0 Å². The SMILES string of the molecule is O=C(c1ccc(C2=CC=C(c3cccs3)SC2)s1)C(F)(F)C(F)(F)F. The van der Waals surface area contributed by atoms with Crippen molar-refractivity contribution in [1.82, 2.24) is 0 Å². The number of hydrogen-bond acceptors (Lipinski definition) is 4. The molecule has 0 aromatic carbocycles. The molecule has 0 spiro atoms. The van der Waals surface area contributed by atoms with Gasteiger partial charge < -0.3 is 0 Å². The Balaban J connectivity index is 1.82. The lowest BCUT2D eigenvalue weighted by Crippen LogP contribution is -2.43. The Hall–Kier alpha value is -1.45. The quantitative estimate of drug-likeness (QED) is 0.432. The molecule has 1 aliphatic rings. The molecule has 2 aromatic rings. The molecule has 0 N–H and O–H groups in total. The summed E-state index contributed by atoms with van der Waals surface area (Å²) in [4.78, 5) is 13.6. The van der Waals surface area contributed by atoms with Crippen molar-refractivity contribution in [3.63, 3.8) is 0 Å². The first-order valence-corrected chi connectivity index (χ1v) is 9.55. The maximum Gasteiger partial charge on any atom is 0.461 e. The third-order valence-corrected chi connectivity index (χ3v) is 6.68. The lowest BCUT2D eigenvalue weighted by Gasteiger charge is -2.17. The lowest BCUT2D eigenvalue weighted by molar-refractivity contribution is -0.255. The van der Waals surface area contributed by atoms with Gasteiger partial charge >= 0.3 is 12.1 Å². The van der Waals surface area contributed by atoms with Gasteiger partial charge in [-0.05, 0) is 35.2 Å². The monoisotopic (exact) mass is 408 g/mol. The van der Waals surface area contributed by atoms with Gasteiger partial charge in [-0.25, -0.2) is 0 Å². The second-order valence-electron chi connectivity index (χ2n) is 5.05. The average molecular weight is 408 g/mol. The van der Waals surface area contributed by atoms with Crippen LogP contribution in [-0.4, -0.2) is 23.6 Å². The molecular formula is C16H9F5OS3. The van der Waals surface area contributed by atoms with Gasteiger partial charge in [-0.2, -0.15) is 22.0 Å². The molecule has 1 aliphatic heterocycles. The molecule has 3 rings (SSSR count). The molecule has 0 radical (unpaired) electrons. The van der Waals surface area contributed by atoms with Crippen molar-refractivity contribution < 1.29 is 26.7 Å². The summed E-state index contributed by atoms with van der Waals surface area (Å²) in [5, 5.41) is 1.95. The second-order valence-corrected chi connectivity index (χ2v) is 8.10. The van der Waals surface area contributed by atoms with Crippen molar-refractivity contribution in [2.24, 2.45) is 0 Å². The molecule has 25 heavy (non-hydrogen) atoms. The number of Topliss-reactive ketones (excluding diaryl/α,β-unsaturated/α-hetero) is 1. The topological polar surface area (TPSA) is 17.1 Å². The summed E-state index contributed by atoms with van der Waals surface area (Å²) in [6.07, 6.45) is -2.22. The number of alkyl halides is 5. The predicted octanol–water partition coefficient (Wildman–Crippen LogP) is 6.36. The number of thiophene rings is 2. The fourth-order valence-electron chi connectivity index (χ4n) is 2.07. The number of allylic oxidation sites excluding steroid dienone is 2. The van der Waals surface area contributed by atoms with E-state index in [2.05, 4.69) is 0 Å². The van der Waals surface area contributed by atoms with Crippen LogP contribution in [0.25, 0.3) is 10.5 Å². The van der Waals surface area contributed by atoms with Gasteiger partial charge in [0, 0.05) is 20.4 Å². The number of ketones is 1. The molecule has 9 heteroatoms. The highest BCUT2D eigenvalue weighted by Gasteiger charge is 2.63. The molecule has 1 nitrogen and oxygen atoms in total. The van der Waals surface area contributed by atoms with Gasteiger partial charge in [-0.3, -0.25) is 4.79 Å². The van der Waals surface area contributed by atoms with E-state index in [0.717, 1.165) is 21.4 Å². The van der Waals surface area contributed by atoms with E-state index in [9.17, 15) is 26.7 Å². The number of thioether (sulfide) groups is 1. The zero-order valence-electron chi connectivity index (χ0n) is 12.3. The van der Waals surface area contributed by atoms with Gasteiger partial charge in [0.1, 0.15) is 0 Å². The first-order chi connectivity index (χ1) is 11.7. The normalized spacial score (nSPS) is 15.7. The van der Waals surface area contributed by atoms with Crippen LogP contribution in [0.5, 0.6) is 0 Å². The number of carbonyl (C=O) groups excluding carboxylic acids is 1. The van der Waals surface area contributed by atoms with E-state index in [4.69, 9.17) is 0 Å². The zero-order valence-corrected chi connectivity index (χ0v) is 14.7. The maximum absolute atomic E-state index is 13.2. The first kappa shape index (κ1) is 18.3. The van der Waals surface area contributed by atoms with E-state index < -0.39 is 22.8 Å². The summed E-state index contributed by atoms with van der Waals surface area (Å²) in [7, 11) is 0. The van der Waals surface area contributed by atoms with Crippen molar-refractivity contribution in [1.29, 1.82) is 0 Å². The zero-order chi connectivity index (χ0) is 18.2. The van der Waals surface area contributed by atoms with Gasteiger partial charge in [0.25, 0.3) is 5.78 Å². The maximum atomic E-state index is 13.2. The van der Waals surface area contributed by atoms with Gasteiger partial charge in [-0.15, -0.1) is 34.4 Å². The minimum Gasteiger partial charge on any atom is -0.286 e. The summed E-state index contributed by atoms with van der Waals surface area (Å²) in [6.45, 7) is 0. The van der Waals surface area contributed by atoms with Crippen LogP contribution in [-0.2, 0) is 0 Å². The summed E-state index contributed by atoms with van der Waals surface area (Å²) >= 11 is 3.79. The first-order valence-electron chi connectivity index (χ1n) is 6.87. The van der Waals surface area contributed by atoms with E-state index in [0.29, 0.717) is 22.0 Å².